The SMILES string of the molecule is CCCC[C@@]1(CC(=O)NO)CCN([C@H](C(N)=O)C(C)C)C1=O. The van der Waals surface area contributed by atoms with Crippen molar-refractivity contribution in [2.24, 2.45) is 17.1 Å². The first kappa shape index (κ1) is 18.4. The number of amides is 3. The van der Waals surface area contributed by atoms with Crippen LogP contribution in [0.3, 0.4) is 0 Å². The summed E-state index contributed by atoms with van der Waals surface area (Å²) < 4.78 is 0. The van der Waals surface area contributed by atoms with E-state index >= 15 is 0 Å². The van der Waals surface area contributed by atoms with Gasteiger partial charge >= 0.3 is 0 Å². The van der Waals surface area contributed by atoms with E-state index in [2.05, 4.69) is 0 Å². The quantitative estimate of drug-likeness (QED) is 0.454. The van der Waals surface area contributed by atoms with E-state index in [-0.39, 0.29) is 18.2 Å². The molecule has 1 aliphatic heterocycles. The largest absolute Gasteiger partial charge is 0.368 e. The molecular weight excluding hydrogens is 286 g/mol. The number of nitrogens with one attached hydrogen (secondary N) is 1. The molecule has 0 aromatic rings. The Morgan fingerprint density at radius 2 is 2.09 bits per heavy atom. The van der Waals surface area contributed by atoms with Crippen LogP contribution in [-0.2, 0) is 14.4 Å². The molecule has 0 radical (unpaired) electrons. The van der Waals surface area contributed by atoms with Crippen molar-refractivity contribution in [3.05, 3.63) is 0 Å². The molecule has 1 rings (SSSR count). The van der Waals surface area contributed by atoms with Gasteiger partial charge in [-0.2, -0.15) is 0 Å². The molecule has 3 amide bonds. The fourth-order valence-corrected chi connectivity index (χ4v) is 3.30. The first-order valence-corrected chi connectivity index (χ1v) is 7.82. The molecule has 0 saturated carbocycles. The third-order valence-electron chi connectivity index (χ3n) is 4.44. The topological polar surface area (TPSA) is 113 Å². The molecule has 7 heteroatoms. The minimum Gasteiger partial charge on any atom is -0.368 e. The third kappa shape index (κ3) is 3.76. The van der Waals surface area contributed by atoms with E-state index in [4.69, 9.17) is 10.9 Å². The number of hydrogen-bond donors (Lipinski definition) is 3. The zero-order valence-electron chi connectivity index (χ0n) is 13.6. The van der Waals surface area contributed by atoms with Crippen LogP contribution in [0.25, 0.3) is 0 Å². The van der Waals surface area contributed by atoms with Gasteiger partial charge in [-0.1, -0.05) is 33.6 Å². The molecule has 1 saturated heterocycles. The number of carbonyl (C=O) groups excluding carboxylic acids is 3. The van der Waals surface area contributed by atoms with Gasteiger partial charge in [0.25, 0.3) is 0 Å². The number of carbonyl (C=O) groups is 3. The Hall–Kier alpha value is -1.63. The van der Waals surface area contributed by atoms with Gasteiger partial charge in [-0.3, -0.25) is 19.6 Å². The predicted molar refractivity (Wildman–Crippen MR) is 80.7 cm³/mol. The molecule has 22 heavy (non-hydrogen) atoms. The van der Waals surface area contributed by atoms with Gasteiger partial charge in [0.2, 0.25) is 17.7 Å². The first-order valence-electron chi connectivity index (χ1n) is 7.82. The van der Waals surface area contributed by atoms with Gasteiger partial charge in [0.05, 0.1) is 5.41 Å². The van der Waals surface area contributed by atoms with Crippen LogP contribution in [-0.4, -0.2) is 40.4 Å². The Morgan fingerprint density at radius 3 is 2.55 bits per heavy atom. The summed E-state index contributed by atoms with van der Waals surface area (Å²) in [4.78, 5) is 37.7. The Morgan fingerprint density at radius 1 is 1.45 bits per heavy atom. The minimum absolute atomic E-state index is 0.0671. The summed E-state index contributed by atoms with van der Waals surface area (Å²) in [6.07, 6.45) is 2.70. The van der Waals surface area contributed by atoms with Gasteiger partial charge in [-0.05, 0) is 18.8 Å². The van der Waals surface area contributed by atoms with Crippen LogP contribution in [0, 0.1) is 11.3 Å². The van der Waals surface area contributed by atoms with E-state index in [9.17, 15) is 14.4 Å². The number of nitrogens with zero attached hydrogens (tertiary/aromatic N) is 1. The molecule has 1 heterocycles. The van der Waals surface area contributed by atoms with Gasteiger partial charge in [0.15, 0.2) is 0 Å². The Labute approximate surface area is 131 Å². The molecule has 1 aliphatic rings. The lowest BCUT2D eigenvalue weighted by atomic mass is 9.78. The van der Waals surface area contributed by atoms with Gasteiger partial charge in [-0.15, -0.1) is 0 Å². The Balaban J connectivity index is 3.03. The fraction of sp³-hybridized carbons (Fsp3) is 0.800. The van der Waals surface area contributed by atoms with Crippen molar-refractivity contribution < 1.29 is 19.6 Å². The summed E-state index contributed by atoms with van der Waals surface area (Å²) in [6.45, 7) is 6.11. The van der Waals surface area contributed by atoms with Crippen LogP contribution < -0.4 is 11.2 Å². The van der Waals surface area contributed by atoms with E-state index in [1.54, 1.807) is 5.48 Å². The van der Waals surface area contributed by atoms with Crippen molar-refractivity contribution in [1.82, 2.24) is 10.4 Å². The van der Waals surface area contributed by atoms with Crippen molar-refractivity contribution in [1.29, 1.82) is 0 Å². The van der Waals surface area contributed by atoms with Gasteiger partial charge < -0.3 is 10.6 Å². The summed E-state index contributed by atoms with van der Waals surface area (Å²) in [5, 5.41) is 8.77. The molecule has 7 nitrogen and oxygen atoms in total. The molecule has 2 atom stereocenters. The van der Waals surface area contributed by atoms with Crippen LogP contribution in [0.1, 0.15) is 52.9 Å². The van der Waals surface area contributed by atoms with E-state index in [0.717, 1.165) is 12.8 Å². The summed E-state index contributed by atoms with van der Waals surface area (Å²) in [5.41, 5.74) is 6.20. The number of hydroxylamine groups is 1. The Kier molecular flexibility index (Phi) is 6.34. The lowest BCUT2D eigenvalue weighted by molar-refractivity contribution is -0.147. The molecule has 0 aromatic carbocycles. The summed E-state index contributed by atoms with van der Waals surface area (Å²) in [5.74, 6) is -1.40. The molecule has 0 aromatic heterocycles. The predicted octanol–water partition coefficient (Wildman–Crippen LogP) is 0.801. The number of unbranched alkanes of at least 4 members (excludes halogenated alkanes) is 1. The number of hydrogen-bond acceptors (Lipinski definition) is 4. The molecular formula is C15H27N3O4. The highest BCUT2D eigenvalue weighted by molar-refractivity contribution is 5.94. The van der Waals surface area contributed by atoms with Crippen LogP contribution >= 0.6 is 0 Å². The van der Waals surface area contributed by atoms with Gasteiger partial charge in [0.1, 0.15) is 6.04 Å². The standard InChI is InChI=1S/C15H27N3O4/c1-4-5-6-15(9-11(19)17-22)7-8-18(14(15)21)12(10(2)3)13(16)20/h10,12,22H,4-9H2,1-3H3,(H2,16,20)(H,17,19)/t12-,15-/m0/s1. The highest BCUT2D eigenvalue weighted by Crippen LogP contribution is 2.41. The van der Waals surface area contributed by atoms with Crippen LogP contribution in [0.4, 0.5) is 0 Å². The second-order valence-electron chi connectivity index (χ2n) is 6.44. The molecule has 0 unspecified atom stereocenters. The maximum Gasteiger partial charge on any atom is 0.244 e. The van der Waals surface area contributed by atoms with E-state index in [0.29, 0.717) is 19.4 Å². The van der Waals surface area contributed by atoms with Crippen LogP contribution in [0.15, 0.2) is 0 Å². The number of rotatable bonds is 8. The second-order valence-corrected chi connectivity index (χ2v) is 6.44. The van der Waals surface area contributed by atoms with E-state index in [1.807, 2.05) is 20.8 Å². The fourth-order valence-electron chi connectivity index (χ4n) is 3.30. The maximum atomic E-state index is 12.9. The summed E-state index contributed by atoms with van der Waals surface area (Å²) >= 11 is 0. The van der Waals surface area contributed by atoms with Crippen LogP contribution in [0.2, 0.25) is 0 Å². The zero-order valence-corrected chi connectivity index (χ0v) is 13.6. The molecule has 4 N–H and O–H groups in total. The first-order chi connectivity index (χ1) is 10.3. The molecule has 0 spiro atoms. The van der Waals surface area contributed by atoms with Crippen LogP contribution in [0.5, 0.6) is 0 Å². The van der Waals surface area contributed by atoms with Crippen molar-refractivity contribution >= 4 is 17.7 Å². The zero-order chi connectivity index (χ0) is 16.9. The molecule has 0 aliphatic carbocycles. The number of likely N-dealkylation sites (tertiary alicyclic amines) is 1. The second kappa shape index (κ2) is 7.58. The van der Waals surface area contributed by atoms with Crippen molar-refractivity contribution in [3.8, 4) is 0 Å². The highest BCUT2D eigenvalue weighted by Gasteiger charge is 2.50. The van der Waals surface area contributed by atoms with Gasteiger partial charge in [0, 0.05) is 13.0 Å². The third-order valence-corrected chi connectivity index (χ3v) is 4.44. The van der Waals surface area contributed by atoms with Crippen molar-refractivity contribution in [3.63, 3.8) is 0 Å². The summed E-state index contributed by atoms with van der Waals surface area (Å²) in [7, 11) is 0. The molecule has 0 bridgehead atoms. The van der Waals surface area contributed by atoms with Gasteiger partial charge in [-0.25, -0.2) is 5.48 Å². The smallest absolute Gasteiger partial charge is 0.244 e. The number of primary amides is 1. The lowest BCUT2D eigenvalue weighted by Gasteiger charge is -2.32. The average molecular weight is 313 g/mol. The molecule has 126 valence electrons. The Bertz CT molecular complexity index is 439. The minimum atomic E-state index is -0.842. The normalized spacial score (nSPS) is 23.0. The lowest BCUT2D eigenvalue weighted by Crippen LogP contribution is -2.51. The maximum absolute atomic E-state index is 12.9. The van der Waals surface area contributed by atoms with E-state index in [1.165, 1.54) is 4.90 Å². The van der Waals surface area contributed by atoms with Crippen molar-refractivity contribution in [2.75, 3.05) is 6.54 Å². The molecule has 1 fully saturated rings. The van der Waals surface area contributed by atoms with E-state index < -0.39 is 23.3 Å². The monoisotopic (exact) mass is 313 g/mol. The summed E-state index contributed by atoms with van der Waals surface area (Å²) in [6, 6.07) is -0.659. The highest BCUT2D eigenvalue weighted by atomic mass is 16.5. The number of nitrogens with two attached hydrogens (primary N) is 1. The van der Waals surface area contributed by atoms with Crippen molar-refractivity contribution in [2.45, 2.75) is 58.9 Å². The average Bonchev–Trinajstić information content (AvgIpc) is 2.74.